The molecule has 0 aliphatic rings. The molecule has 0 fully saturated rings. The summed E-state index contributed by atoms with van der Waals surface area (Å²) in [6, 6.07) is 4.82. The van der Waals surface area contributed by atoms with Crippen LogP contribution in [0.5, 0.6) is 0 Å². The lowest BCUT2D eigenvalue weighted by molar-refractivity contribution is 0.394. The standard InChI is InChI=1S/C14H12FN5O/c1-9-19-14(20-21-9)10-2-3-11(12(15)6-10)7-18-13-8-16-4-5-17-13/h2-6,8H,7H2,1H3,(H,17,18). The quantitative estimate of drug-likeness (QED) is 0.794. The van der Waals surface area contributed by atoms with Gasteiger partial charge < -0.3 is 9.84 Å². The highest BCUT2D eigenvalue weighted by Crippen LogP contribution is 2.19. The average Bonchev–Trinajstić information content (AvgIpc) is 2.93. The van der Waals surface area contributed by atoms with Crippen molar-refractivity contribution >= 4 is 5.82 Å². The van der Waals surface area contributed by atoms with Gasteiger partial charge in [0, 0.05) is 37.0 Å². The number of aromatic nitrogens is 4. The second-order valence-corrected chi connectivity index (χ2v) is 4.39. The maximum atomic E-state index is 14.1. The van der Waals surface area contributed by atoms with Crippen LogP contribution in [0.1, 0.15) is 11.5 Å². The van der Waals surface area contributed by atoms with Gasteiger partial charge in [0.05, 0.1) is 6.20 Å². The van der Waals surface area contributed by atoms with Gasteiger partial charge >= 0.3 is 0 Å². The van der Waals surface area contributed by atoms with Crippen LogP contribution >= 0.6 is 0 Å². The molecule has 7 heteroatoms. The molecule has 0 aliphatic carbocycles. The summed E-state index contributed by atoms with van der Waals surface area (Å²) in [5, 5.41) is 6.77. The van der Waals surface area contributed by atoms with Crippen LogP contribution in [0.25, 0.3) is 11.4 Å². The number of hydrogen-bond donors (Lipinski definition) is 1. The highest BCUT2D eigenvalue weighted by molar-refractivity contribution is 5.55. The molecule has 106 valence electrons. The fourth-order valence-corrected chi connectivity index (χ4v) is 1.82. The number of rotatable bonds is 4. The fraction of sp³-hybridized carbons (Fsp3) is 0.143. The van der Waals surface area contributed by atoms with Crippen LogP contribution in [0, 0.1) is 12.7 Å². The van der Waals surface area contributed by atoms with Gasteiger partial charge in [0.1, 0.15) is 11.6 Å². The van der Waals surface area contributed by atoms with Gasteiger partial charge in [-0.15, -0.1) is 0 Å². The van der Waals surface area contributed by atoms with Gasteiger partial charge in [-0.1, -0.05) is 17.3 Å². The highest BCUT2D eigenvalue weighted by atomic mass is 19.1. The second-order valence-electron chi connectivity index (χ2n) is 4.39. The Hall–Kier alpha value is -2.83. The van der Waals surface area contributed by atoms with Gasteiger partial charge in [0.15, 0.2) is 0 Å². The van der Waals surface area contributed by atoms with E-state index in [1.165, 1.54) is 6.07 Å². The molecule has 1 aromatic carbocycles. The molecule has 0 saturated heterocycles. The first-order valence-electron chi connectivity index (χ1n) is 6.31. The molecule has 0 atom stereocenters. The predicted octanol–water partition coefficient (Wildman–Crippen LogP) is 2.59. The molecule has 3 aromatic rings. The summed E-state index contributed by atoms with van der Waals surface area (Å²) in [5.41, 5.74) is 1.09. The topological polar surface area (TPSA) is 76.7 Å². The zero-order chi connectivity index (χ0) is 14.7. The minimum absolute atomic E-state index is 0.316. The molecule has 0 bridgehead atoms. The van der Waals surface area contributed by atoms with Crippen LogP contribution in [0.15, 0.2) is 41.3 Å². The summed E-state index contributed by atoms with van der Waals surface area (Å²) in [6.45, 7) is 2.00. The van der Waals surface area contributed by atoms with Crippen molar-refractivity contribution in [2.75, 3.05) is 5.32 Å². The van der Waals surface area contributed by atoms with E-state index in [0.717, 1.165) is 0 Å². The smallest absolute Gasteiger partial charge is 0.223 e. The van der Waals surface area contributed by atoms with E-state index in [2.05, 4.69) is 25.4 Å². The summed E-state index contributed by atoms with van der Waals surface area (Å²) in [5.74, 6) is 1.07. The monoisotopic (exact) mass is 285 g/mol. The molecule has 0 unspecified atom stereocenters. The van der Waals surface area contributed by atoms with Gasteiger partial charge in [0.25, 0.3) is 0 Å². The largest absolute Gasteiger partial charge is 0.365 e. The average molecular weight is 285 g/mol. The van der Waals surface area contributed by atoms with Crippen LogP contribution in [-0.2, 0) is 6.54 Å². The molecule has 3 rings (SSSR count). The van der Waals surface area contributed by atoms with E-state index in [4.69, 9.17) is 4.52 Å². The van der Waals surface area contributed by atoms with Crippen molar-refractivity contribution in [1.29, 1.82) is 0 Å². The third-order valence-electron chi connectivity index (χ3n) is 2.86. The molecule has 6 nitrogen and oxygen atoms in total. The molecule has 2 aromatic heterocycles. The van der Waals surface area contributed by atoms with Gasteiger partial charge in [0.2, 0.25) is 11.7 Å². The molecular formula is C14H12FN5O. The number of hydrogen-bond acceptors (Lipinski definition) is 6. The van der Waals surface area contributed by atoms with Crippen LogP contribution in [-0.4, -0.2) is 20.1 Å². The Bertz CT molecular complexity index is 744. The molecule has 0 saturated carbocycles. The molecule has 21 heavy (non-hydrogen) atoms. The van der Waals surface area contributed by atoms with Crippen LogP contribution in [0.4, 0.5) is 10.2 Å². The maximum absolute atomic E-state index is 14.1. The minimum Gasteiger partial charge on any atom is -0.365 e. The Labute approximate surface area is 120 Å². The molecule has 0 amide bonds. The summed E-state index contributed by atoms with van der Waals surface area (Å²) < 4.78 is 19.0. The van der Waals surface area contributed by atoms with E-state index < -0.39 is 0 Å². The van der Waals surface area contributed by atoms with E-state index in [9.17, 15) is 4.39 Å². The van der Waals surface area contributed by atoms with E-state index in [0.29, 0.717) is 35.2 Å². The molecule has 0 aliphatic heterocycles. The first kappa shape index (κ1) is 13.2. The van der Waals surface area contributed by atoms with Gasteiger partial charge in [-0.25, -0.2) is 9.37 Å². The molecule has 0 radical (unpaired) electrons. The van der Waals surface area contributed by atoms with Crippen molar-refractivity contribution in [3.8, 4) is 11.4 Å². The summed E-state index contributed by atoms with van der Waals surface area (Å²) >= 11 is 0. The Morgan fingerprint density at radius 1 is 1.29 bits per heavy atom. The molecule has 2 heterocycles. The van der Waals surface area contributed by atoms with Gasteiger partial charge in [-0.2, -0.15) is 4.98 Å². The Morgan fingerprint density at radius 3 is 2.86 bits per heavy atom. The number of nitrogens with zero attached hydrogens (tertiary/aromatic N) is 4. The normalized spacial score (nSPS) is 10.6. The van der Waals surface area contributed by atoms with E-state index in [1.54, 1.807) is 37.6 Å². The first-order valence-corrected chi connectivity index (χ1v) is 6.31. The number of halogens is 1. The van der Waals surface area contributed by atoms with Crippen molar-refractivity contribution in [3.63, 3.8) is 0 Å². The summed E-state index contributed by atoms with van der Waals surface area (Å²) in [4.78, 5) is 12.1. The lowest BCUT2D eigenvalue weighted by Gasteiger charge is -2.06. The molecular weight excluding hydrogens is 273 g/mol. The molecule has 1 N–H and O–H groups in total. The predicted molar refractivity (Wildman–Crippen MR) is 73.8 cm³/mol. The summed E-state index contributed by atoms with van der Waals surface area (Å²) in [6.07, 6.45) is 4.72. The van der Waals surface area contributed by atoms with E-state index in [1.807, 2.05) is 0 Å². The lowest BCUT2D eigenvalue weighted by Crippen LogP contribution is -2.03. The number of nitrogens with one attached hydrogen (secondary N) is 1. The van der Waals surface area contributed by atoms with Gasteiger partial charge in [-0.3, -0.25) is 4.98 Å². The first-order chi connectivity index (χ1) is 10.2. The van der Waals surface area contributed by atoms with E-state index >= 15 is 0 Å². The Morgan fingerprint density at radius 2 is 2.19 bits per heavy atom. The molecule has 0 spiro atoms. The van der Waals surface area contributed by atoms with Crippen molar-refractivity contribution in [2.24, 2.45) is 0 Å². The number of benzene rings is 1. The minimum atomic E-state index is -0.341. The van der Waals surface area contributed by atoms with E-state index in [-0.39, 0.29) is 5.82 Å². The van der Waals surface area contributed by atoms with Gasteiger partial charge in [-0.05, 0) is 6.07 Å². The van der Waals surface area contributed by atoms with Crippen molar-refractivity contribution in [2.45, 2.75) is 13.5 Å². The van der Waals surface area contributed by atoms with Crippen molar-refractivity contribution < 1.29 is 8.91 Å². The maximum Gasteiger partial charge on any atom is 0.223 e. The number of aryl methyl sites for hydroxylation is 1. The number of anilines is 1. The SMILES string of the molecule is Cc1nc(-c2ccc(CNc3cnccn3)c(F)c2)no1. The Kier molecular flexibility index (Phi) is 3.55. The highest BCUT2D eigenvalue weighted by Gasteiger charge is 2.09. The third kappa shape index (κ3) is 3.02. The Balaban J connectivity index is 1.75. The third-order valence-corrected chi connectivity index (χ3v) is 2.86. The fourth-order valence-electron chi connectivity index (χ4n) is 1.82. The van der Waals surface area contributed by atoms with Crippen LogP contribution < -0.4 is 5.32 Å². The van der Waals surface area contributed by atoms with Crippen LogP contribution in [0.2, 0.25) is 0 Å². The summed E-state index contributed by atoms with van der Waals surface area (Å²) in [7, 11) is 0. The zero-order valence-electron chi connectivity index (χ0n) is 11.2. The van der Waals surface area contributed by atoms with Crippen molar-refractivity contribution in [3.05, 3.63) is 54.1 Å². The zero-order valence-corrected chi connectivity index (χ0v) is 11.2. The van der Waals surface area contributed by atoms with Crippen molar-refractivity contribution in [1.82, 2.24) is 20.1 Å². The van der Waals surface area contributed by atoms with Crippen LogP contribution in [0.3, 0.4) is 0 Å². The lowest BCUT2D eigenvalue weighted by atomic mass is 10.1. The second kappa shape index (κ2) is 5.66.